The molecule has 0 saturated carbocycles. The maximum absolute atomic E-state index is 6.05. The predicted octanol–water partition coefficient (Wildman–Crippen LogP) is 3.18. The lowest BCUT2D eigenvalue weighted by atomic mass is 10.1. The Kier molecular flexibility index (Phi) is 6.50. The van der Waals surface area contributed by atoms with Gasteiger partial charge in [0.1, 0.15) is 12.4 Å². The maximum atomic E-state index is 6.05. The number of aromatic nitrogens is 5. The molecule has 1 aliphatic rings. The first-order valence-electron chi connectivity index (χ1n) is 10.6. The van der Waals surface area contributed by atoms with Crippen molar-refractivity contribution < 1.29 is 4.52 Å². The number of fused-ring (bicyclic) bond motifs is 1. The van der Waals surface area contributed by atoms with Crippen molar-refractivity contribution in [3.63, 3.8) is 0 Å². The molecular formula is C21H27ClN8O. The lowest BCUT2D eigenvalue weighted by Gasteiger charge is -2.25. The van der Waals surface area contributed by atoms with Gasteiger partial charge in [0, 0.05) is 35.5 Å². The first kappa shape index (κ1) is 21.3. The highest BCUT2D eigenvalue weighted by atomic mass is 35.5. The number of nitrogens with zero attached hydrogens (tertiary/aromatic N) is 6. The largest absolute Gasteiger partial charge is 0.357 e. The van der Waals surface area contributed by atoms with Crippen molar-refractivity contribution in [3.8, 4) is 11.4 Å². The second kappa shape index (κ2) is 9.47. The molecule has 0 fully saturated rings. The number of aliphatic imine (C=N–C) groups is 1. The highest BCUT2D eigenvalue weighted by molar-refractivity contribution is 6.30. The third-order valence-corrected chi connectivity index (χ3v) is 5.23. The van der Waals surface area contributed by atoms with E-state index in [4.69, 9.17) is 16.1 Å². The van der Waals surface area contributed by atoms with E-state index in [1.54, 1.807) is 6.07 Å². The molecule has 4 rings (SSSR count). The van der Waals surface area contributed by atoms with Crippen LogP contribution in [0.1, 0.15) is 50.6 Å². The van der Waals surface area contributed by atoms with Crippen molar-refractivity contribution in [1.29, 1.82) is 0 Å². The van der Waals surface area contributed by atoms with Crippen LogP contribution < -0.4 is 10.6 Å². The average Bonchev–Trinajstić information content (AvgIpc) is 3.39. The molecule has 31 heavy (non-hydrogen) atoms. The second-order valence-electron chi connectivity index (χ2n) is 7.82. The number of hydrogen-bond donors (Lipinski definition) is 2. The van der Waals surface area contributed by atoms with Crippen LogP contribution in [0.3, 0.4) is 0 Å². The van der Waals surface area contributed by atoms with Gasteiger partial charge in [0.15, 0.2) is 11.8 Å². The summed E-state index contributed by atoms with van der Waals surface area (Å²) in [6.45, 7) is 8.06. The van der Waals surface area contributed by atoms with E-state index < -0.39 is 0 Å². The fourth-order valence-electron chi connectivity index (χ4n) is 3.41. The van der Waals surface area contributed by atoms with Gasteiger partial charge >= 0.3 is 0 Å². The number of halogens is 1. The summed E-state index contributed by atoms with van der Waals surface area (Å²) >= 11 is 6.05. The van der Waals surface area contributed by atoms with Crippen LogP contribution >= 0.6 is 11.6 Å². The molecule has 3 heterocycles. The van der Waals surface area contributed by atoms with E-state index in [1.807, 2.05) is 29.8 Å². The third-order valence-electron chi connectivity index (χ3n) is 5.00. The molecule has 0 saturated heterocycles. The van der Waals surface area contributed by atoms with Gasteiger partial charge in [-0.1, -0.05) is 42.7 Å². The van der Waals surface area contributed by atoms with Crippen LogP contribution in [0.5, 0.6) is 0 Å². The summed E-state index contributed by atoms with van der Waals surface area (Å²) in [7, 11) is 0. The van der Waals surface area contributed by atoms with Gasteiger partial charge < -0.3 is 15.2 Å². The zero-order chi connectivity index (χ0) is 21.8. The summed E-state index contributed by atoms with van der Waals surface area (Å²) in [5.41, 5.74) is 0.808. The van der Waals surface area contributed by atoms with E-state index >= 15 is 0 Å². The quantitative estimate of drug-likeness (QED) is 0.446. The normalized spacial score (nSPS) is 16.4. The lowest BCUT2D eigenvalue weighted by Crippen LogP contribution is -2.47. The molecule has 164 valence electrons. The van der Waals surface area contributed by atoms with Gasteiger partial charge in [0.2, 0.25) is 11.7 Å². The van der Waals surface area contributed by atoms with Crippen LogP contribution in [0.2, 0.25) is 5.02 Å². The van der Waals surface area contributed by atoms with Crippen LogP contribution in [0.15, 0.2) is 33.8 Å². The molecule has 0 amide bonds. The lowest BCUT2D eigenvalue weighted by molar-refractivity contribution is 0.378. The van der Waals surface area contributed by atoms with E-state index in [0.717, 1.165) is 43.1 Å². The van der Waals surface area contributed by atoms with Gasteiger partial charge in [-0.05, 0) is 25.5 Å². The van der Waals surface area contributed by atoms with Crippen molar-refractivity contribution >= 4 is 17.6 Å². The first-order valence-corrected chi connectivity index (χ1v) is 11.0. The fraction of sp³-hybridized carbons (Fsp3) is 0.476. The van der Waals surface area contributed by atoms with Crippen LogP contribution in [0, 0.1) is 0 Å². The number of hydrogen-bond acceptors (Lipinski definition) is 6. The Morgan fingerprint density at radius 2 is 2.23 bits per heavy atom. The Morgan fingerprint density at radius 3 is 3.00 bits per heavy atom. The minimum Gasteiger partial charge on any atom is -0.357 e. The monoisotopic (exact) mass is 442 g/mol. The third kappa shape index (κ3) is 5.22. The van der Waals surface area contributed by atoms with E-state index in [-0.39, 0.29) is 12.6 Å². The molecule has 0 bridgehead atoms. The van der Waals surface area contributed by atoms with Crippen molar-refractivity contribution in [2.24, 2.45) is 4.99 Å². The van der Waals surface area contributed by atoms with E-state index in [2.05, 4.69) is 49.7 Å². The summed E-state index contributed by atoms with van der Waals surface area (Å²) < 4.78 is 7.37. The van der Waals surface area contributed by atoms with Gasteiger partial charge in [-0.2, -0.15) is 10.1 Å². The second-order valence-corrected chi connectivity index (χ2v) is 8.26. The van der Waals surface area contributed by atoms with Crippen molar-refractivity contribution in [3.05, 3.63) is 46.8 Å². The Labute approximate surface area is 186 Å². The van der Waals surface area contributed by atoms with Gasteiger partial charge in [0.25, 0.3) is 0 Å². The number of rotatable bonds is 6. The highest BCUT2D eigenvalue weighted by Gasteiger charge is 2.23. The molecule has 3 aromatic rings. The molecule has 9 nitrogen and oxygen atoms in total. The standard InChI is InChI=1S/C21H27ClN8O/c1-4-23-21(25-16-8-9-17-26-19(13(2)3)28-30(17)12-16)24-11-18-27-20(29-31-18)14-6-5-7-15(22)10-14/h5-7,10,13,16H,4,8-9,11-12H2,1-3H3,(H2,23,24,25). The molecule has 0 aliphatic carbocycles. The fourth-order valence-corrected chi connectivity index (χ4v) is 3.60. The number of nitrogens with one attached hydrogen (secondary N) is 2. The zero-order valence-electron chi connectivity index (χ0n) is 18.0. The van der Waals surface area contributed by atoms with Crippen molar-refractivity contribution in [2.75, 3.05) is 6.54 Å². The average molecular weight is 443 g/mol. The van der Waals surface area contributed by atoms with Crippen molar-refractivity contribution in [2.45, 2.75) is 58.7 Å². The minimum absolute atomic E-state index is 0.219. The van der Waals surface area contributed by atoms with E-state index in [0.29, 0.717) is 28.6 Å². The maximum Gasteiger partial charge on any atom is 0.248 e. The summed E-state index contributed by atoms with van der Waals surface area (Å²) in [5, 5.41) is 16.1. The van der Waals surface area contributed by atoms with E-state index in [1.165, 1.54) is 0 Å². The Balaban J connectivity index is 1.41. The molecule has 1 unspecified atom stereocenters. The molecule has 0 radical (unpaired) electrons. The topological polar surface area (TPSA) is 106 Å². The molecule has 0 spiro atoms. The van der Waals surface area contributed by atoms with Crippen LogP contribution in [0.25, 0.3) is 11.4 Å². The van der Waals surface area contributed by atoms with Gasteiger partial charge in [0.05, 0.1) is 6.54 Å². The molecule has 1 atom stereocenters. The number of benzene rings is 1. The van der Waals surface area contributed by atoms with Gasteiger partial charge in [-0.3, -0.25) is 0 Å². The Morgan fingerprint density at radius 1 is 1.35 bits per heavy atom. The Bertz CT molecular complexity index is 1060. The summed E-state index contributed by atoms with van der Waals surface area (Å²) in [5.74, 6) is 3.94. The highest BCUT2D eigenvalue weighted by Crippen LogP contribution is 2.20. The van der Waals surface area contributed by atoms with Gasteiger partial charge in [-0.15, -0.1) is 0 Å². The summed E-state index contributed by atoms with van der Waals surface area (Å²) in [6, 6.07) is 7.57. The molecule has 1 aromatic carbocycles. The molecule has 10 heteroatoms. The molecule has 1 aliphatic heterocycles. The smallest absolute Gasteiger partial charge is 0.248 e. The SMILES string of the molecule is CCNC(=NCc1nc(-c2cccc(Cl)c2)no1)NC1CCc2nc(C(C)C)nn2C1. The van der Waals surface area contributed by atoms with Crippen molar-refractivity contribution in [1.82, 2.24) is 35.5 Å². The minimum atomic E-state index is 0.219. The summed E-state index contributed by atoms with van der Waals surface area (Å²) in [6.07, 6.45) is 1.86. The van der Waals surface area contributed by atoms with Crippen LogP contribution in [-0.2, 0) is 19.5 Å². The number of aryl methyl sites for hydroxylation is 1. The molecule has 2 N–H and O–H groups in total. The first-order chi connectivity index (χ1) is 15.0. The molecule has 2 aromatic heterocycles. The van der Waals surface area contributed by atoms with E-state index in [9.17, 15) is 0 Å². The van der Waals surface area contributed by atoms with Crippen LogP contribution in [0.4, 0.5) is 0 Å². The van der Waals surface area contributed by atoms with Crippen LogP contribution in [-0.4, -0.2) is 43.5 Å². The Hall–Kier alpha value is -2.94. The van der Waals surface area contributed by atoms with Gasteiger partial charge in [-0.25, -0.2) is 14.7 Å². The predicted molar refractivity (Wildman–Crippen MR) is 119 cm³/mol. The summed E-state index contributed by atoms with van der Waals surface area (Å²) in [4.78, 5) is 13.7. The zero-order valence-corrected chi connectivity index (χ0v) is 18.7. The molecular weight excluding hydrogens is 416 g/mol. The number of guanidine groups is 1.